The average Bonchev–Trinajstić information content (AvgIpc) is 3.25. The predicted octanol–water partition coefficient (Wildman–Crippen LogP) is 2.44. The number of amides is 2. The standard InChI is InChI=1S/C17H16N2O4S/c20-15-6-5-12(18-15)9-23-17(22)13-3-1-2-4-14(13)19-16(21)11-7-8-24-10-11/h1-4,7-8,10,12H,5-6,9H2,(H,18,20)(H,19,21). The average molecular weight is 344 g/mol. The van der Waals surface area contributed by atoms with Crippen molar-refractivity contribution >= 4 is 34.8 Å². The van der Waals surface area contributed by atoms with Gasteiger partial charge in [-0.2, -0.15) is 11.3 Å². The first-order valence-corrected chi connectivity index (χ1v) is 8.47. The third kappa shape index (κ3) is 3.80. The van der Waals surface area contributed by atoms with Gasteiger partial charge in [0.15, 0.2) is 0 Å². The van der Waals surface area contributed by atoms with Gasteiger partial charge in [0.2, 0.25) is 5.91 Å². The molecule has 2 aromatic rings. The number of thiophene rings is 1. The third-order valence-electron chi connectivity index (χ3n) is 3.68. The fourth-order valence-electron chi connectivity index (χ4n) is 2.41. The van der Waals surface area contributed by atoms with Crippen molar-refractivity contribution in [3.05, 3.63) is 52.2 Å². The van der Waals surface area contributed by atoms with E-state index in [2.05, 4.69) is 10.6 Å². The Morgan fingerprint density at radius 1 is 1.29 bits per heavy atom. The van der Waals surface area contributed by atoms with Crippen molar-refractivity contribution in [3.8, 4) is 0 Å². The van der Waals surface area contributed by atoms with Crippen molar-refractivity contribution in [1.29, 1.82) is 0 Å². The van der Waals surface area contributed by atoms with E-state index < -0.39 is 5.97 Å². The molecule has 24 heavy (non-hydrogen) atoms. The zero-order valence-electron chi connectivity index (χ0n) is 12.8. The van der Waals surface area contributed by atoms with Crippen LogP contribution in [-0.4, -0.2) is 30.4 Å². The van der Waals surface area contributed by atoms with Gasteiger partial charge in [-0.1, -0.05) is 12.1 Å². The molecule has 2 amide bonds. The molecule has 0 aliphatic carbocycles. The first-order chi connectivity index (χ1) is 11.6. The molecule has 2 N–H and O–H groups in total. The molecule has 3 rings (SSSR count). The summed E-state index contributed by atoms with van der Waals surface area (Å²) in [4.78, 5) is 35.6. The van der Waals surface area contributed by atoms with Crippen LogP contribution in [0.15, 0.2) is 41.1 Å². The van der Waals surface area contributed by atoms with E-state index in [4.69, 9.17) is 4.74 Å². The Morgan fingerprint density at radius 3 is 2.83 bits per heavy atom. The number of hydrogen-bond acceptors (Lipinski definition) is 5. The Labute approximate surface area is 142 Å². The van der Waals surface area contributed by atoms with E-state index in [0.29, 0.717) is 24.1 Å². The van der Waals surface area contributed by atoms with Crippen molar-refractivity contribution in [1.82, 2.24) is 5.32 Å². The maximum Gasteiger partial charge on any atom is 0.340 e. The molecule has 2 heterocycles. The van der Waals surface area contributed by atoms with Crippen molar-refractivity contribution in [2.45, 2.75) is 18.9 Å². The van der Waals surface area contributed by atoms with Crippen molar-refractivity contribution in [2.75, 3.05) is 11.9 Å². The van der Waals surface area contributed by atoms with Crippen LogP contribution in [0, 0.1) is 0 Å². The Hall–Kier alpha value is -2.67. The molecule has 1 aliphatic rings. The van der Waals surface area contributed by atoms with Gasteiger partial charge in [0.05, 0.1) is 22.9 Å². The Balaban J connectivity index is 1.65. The van der Waals surface area contributed by atoms with E-state index in [0.717, 1.165) is 0 Å². The lowest BCUT2D eigenvalue weighted by Crippen LogP contribution is -2.30. The number of para-hydroxylation sites is 1. The number of anilines is 1. The maximum atomic E-state index is 12.3. The lowest BCUT2D eigenvalue weighted by Gasteiger charge is -2.13. The predicted molar refractivity (Wildman–Crippen MR) is 90.2 cm³/mol. The van der Waals surface area contributed by atoms with Gasteiger partial charge in [0, 0.05) is 11.8 Å². The molecular formula is C17H16N2O4S. The third-order valence-corrected chi connectivity index (χ3v) is 4.36. The first kappa shape index (κ1) is 16.2. The topological polar surface area (TPSA) is 84.5 Å². The van der Waals surface area contributed by atoms with Gasteiger partial charge < -0.3 is 15.4 Å². The molecule has 6 nitrogen and oxygen atoms in total. The first-order valence-electron chi connectivity index (χ1n) is 7.52. The highest BCUT2D eigenvalue weighted by Gasteiger charge is 2.23. The van der Waals surface area contributed by atoms with Crippen LogP contribution in [0.5, 0.6) is 0 Å². The smallest absolute Gasteiger partial charge is 0.340 e. The number of ether oxygens (including phenoxy) is 1. The Bertz CT molecular complexity index is 758. The molecule has 1 unspecified atom stereocenters. The second-order valence-corrected chi connectivity index (χ2v) is 6.19. The Kier molecular flexibility index (Phi) is 4.90. The minimum absolute atomic E-state index is 0.0283. The zero-order valence-corrected chi connectivity index (χ0v) is 13.6. The highest BCUT2D eigenvalue weighted by Crippen LogP contribution is 2.19. The molecule has 1 atom stereocenters. The molecule has 1 saturated heterocycles. The number of nitrogens with one attached hydrogen (secondary N) is 2. The van der Waals surface area contributed by atoms with Crippen LogP contribution >= 0.6 is 11.3 Å². The normalized spacial score (nSPS) is 16.5. The molecule has 1 aromatic heterocycles. The number of benzene rings is 1. The number of carbonyl (C=O) groups is 3. The van der Waals surface area contributed by atoms with Crippen LogP contribution in [0.3, 0.4) is 0 Å². The summed E-state index contributed by atoms with van der Waals surface area (Å²) in [5, 5.41) is 9.01. The molecule has 0 bridgehead atoms. The van der Waals surface area contributed by atoms with Crippen molar-refractivity contribution < 1.29 is 19.1 Å². The van der Waals surface area contributed by atoms with Gasteiger partial charge in [0.25, 0.3) is 5.91 Å². The van der Waals surface area contributed by atoms with Gasteiger partial charge in [-0.25, -0.2) is 4.79 Å². The maximum absolute atomic E-state index is 12.3. The van der Waals surface area contributed by atoms with Crippen LogP contribution in [0.2, 0.25) is 0 Å². The SMILES string of the molecule is O=C1CCC(COC(=O)c2ccccc2NC(=O)c2ccsc2)N1. The molecule has 124 valence electrons. The van der Waals surface area contributed by atoms with Gasteiger partial charge in [-0.15, -0.1) is 0 Å². The summed E-state index contributed by atoms with van der Waals surface area (Å²) in [5.41, 5.74) is 1.22. The molecular weight excluding hydrogens is 328 g/mol. The van der Waals surface area contributed by atoms with E-state index in [1.54, 1.807) is 35.7 Å². The summed E-state index contributed by atoms with van der Waals surface area (Å²) in [6, 6.07) is 8.25. The van der Waals surface area contributed by atoms with Crippen LogP contribution < -0.4 is 10.6 Å². The van der Waals surface area contributed by atoms with Crippen LogP contribution in [0.4, 0.5) is 5.69 Å². The number of esters is 1. The van der Waals surface area contributed by atoms with Crippen molar-refractivity contribution in [3.63, 3.8) is 0 Å². The molecule has 0 saturated carbocycles. The molecule has 0 spiro atoms. The highest BCUT2D eigenvalue weighted by atomic mass is 32.1. The summed E-state index contributed by atoms with van der Waals surface area (Å²) in [7, 11) is 0. The summed E-state index contributed by atoms with van der Waals surface area (Å²) in [5.74, 6) is -0.837. The summed E-state index contributed by atoms with van der Waals surface area (Å²) in [6.07, 6.45) is 1.11. The fraction of sp³-hybridized carbons (Fsp3) is 0.235. The zero-order chi connectivity index (χ0) is 16.9. The van der Waals surface area contributed by atoms with Gasteiger partial charge in [-0.05, 0) is 30.0 Å². The van der Waals surface area contributed by atoms with E-state index >= 15 is 0 Å². The van der Waals surface area contributed by atoms with Crippen molar-refractivity contribution in [2.24, 2.45) is 0 Å². The largest absolute Gasteiger partial charge is 0.460 e. The minimum atomic E-state index is -0.530. The van der Waals surface area contributed by atoms with E-state index in [9.17, 15) is 14.4 Å². The van der Waals surface area contributed by atoms with Gasteiger partial charge in [0.1, 0.15) is 6.61 Å². The monoisotopic (exact) mass is 344 g/mol. The molecule has 7 heteroatoms. The fourth-order valence-corrected chi connectivity index (χ4v) is 3.05. The van der Waals surface area contributed by atoms with Gasteiger partial charge >= 0.3 is 5.97 Å². The number of rotatable bonds is 5. The molecule has 0 radical (unpaired) electrons. The lowest BCUT2D eigenvalue weighted by atomic mass is 10.1. The highest BCUT2D eigenvalue weighted by molar-refractivity contribution is 7.08. The summed E-state index contributed by atoms with van der Waals surface area (Å²) in [6.45, 7) is 0.122. The Morgan fingerprint density at radius 2 is 2.12 bits per heavy atom. The minimum Gasteiger partial charge on any atom is -0.460 e. The molecule has 1 aromatic carbocycles. The van der Waals surface area contributed by atoms with E-state index in [1.807, 2.05) is 5.38 Å². The summed E-state index contributed by atoms with van der Waals surface area (Å²) >= 11 is 1.42. The molecule has 1 fully saturated rings. The van der Waals surface area contributed by atoms with Crippen LogP contribution in [-0.2, 0) is 9.53 Å². The second-order valence-electron chi connectivity index (χ2n) is 5.41. The quantitative estimate of drug-likeness (QED) is 0.816. The lowest BCUT2D eigenvalue weighted by molar-refractivity contribution is -0.119. The second kappa shape index (κ2) is 7.27. The summed E-state index contributed by atoms with van der Waals surface area (Å²) < 4.78 is 5.27. The molecule has 1 aliphatic heterocycles. The van der Waals surface area contributed by atoms with E-state index in [-0.39, 0.29) is 30.0 Å². The van der Waals surface area contributed by atoms with Crippen LogP contribution in [0.25, 0.3) is 0 Å². The van der Waals surface area contributed by atoms with Gasteiger partial charge in [-0.3, -0.25) is 9.59 Å². The van der Waals surface area contributed by atoms with E-state index in [1.165, 1.54) is 11.3 Å². The van der Waals surface area contributed by atoms with Crippen LogP contribution in [0.1, 0.15) is 33.6 Å². The number of hydrogen-bond donors (Lipinski definition) is 2. The number of carbonyl (C=O) groups excluding carboxylic acids is 3.